The summed E-state index contributed by atoms with van der Waals surface area (Å²) in [6, 6.07) is 12.1. The van der Waals surface area contributed by atoms with Crippen molar-refractivity contribution in [1.82, 2.24) is 9.78 Å². The molecule has 0 aliphatic carbocycles. The largest absolute Gasteiger partial charge is 0.493 e. The number of hydrogen-bond acceptors (Lipinski definition) is 5. The van der Waals surface area contributed by atoms with Gasteiger partial charge in [0.2, 0.25) is 0 Å². The number of halogens is 1. The summed E-state index contributed by atoms with van der Waals surface area (Å²) in [5.41, 5.74) is 7.55. The zero-order chi connectivity index (χ0) is 21.7. The lowest BCUT2D eigenvalue weighted by molar-refractivity contribution is -0.119. The summed E-state index contributed by atoms with van der Waals surface area (Å²) >= 11 is 6.08. The van der Waals surface area contributed by atoms with Crippen LogP contribution in [0.4, 0.5) is 5.69 Å². The molecule has 3 N–H and O–H groups in total. The smallest absolute Gasteiger partial charge is 0.259 e. The molecular weight excluding hydrogens is 408 g/mol. The fourth-order valence-corrected chi connectivity index (χ4v) is 3.13. The second-order valence-electron chi connectivity index (χ2n) is 6.32. The summed E-state index contributed by atoms with van der Waals surface area (Å²) in [6.45, 7) is 1.64. The fraction of sp³-hybridized carbons (Fsp3) is 0.190. The normalized spacial score (nSPS) is 10.5. The van der Waals surface area contributed by atoms with E-state index in [1.807, 2.05) is 19.1 Å². The van der Waals surface area contributed by atoms with Crippen LogP contribution in [-0.2, 0) is 11.2 Å². The van der Waals surface area contributed by atoms with E-state index in [0.29, 0.717) is 34.2 Å². The van der Waals surface area contributed by atoms with Crippen molar-refractivity contribution in [2.45, 2.75) is 13.3 Å². The maximum atomic E-state index is 12.9. The van der Waals surface area contributed by atoms with Gasteiger partial charge in [0.25, 0.3) is 11.8 Å². The van der Waals surface area contributed by atoms with Crippen LogP contribution in [0.25, 0.3) is 5.69 Å². The highest BCUT2D eigenvalue weighted by Crippen LogP contribution is 2.30. The Morgan fingerprint density at radius 3 is 2.67 bits per heavy atom. The number of nitrogens with one attached hydrogen (secondary N) is 1. The monoisotopic (exact) mass is 428 g/mol. The summed E-state index contributed by atoms with van der Waals surface area (Å²) in [5, 5.41) is 7.76. The molecule has 30 heavy (non-hydrogen) atoms. The fourth-order valence-electron chi connectivity index (χ4n) is 2.95. The first-order chi connectivity index (χ1) is 14.4. The molecule has 156 valence electrons. The minimum Gasteiger partial charge on any atom is -0.493 e. The Hall–Kier alpha value is -3.52. The third-order valence-electron chi connectivity index (χ3n) is 4.29. The third-order valence-corrected chi connectivity index (χ3v) is 4.53. The Morgan fingerprint density at radius 2 is 2.00 bits per heavy atom. The molecule has 8 nitrogen and oxygen atoms in total. The zero-order valence-electron chi connectivity index (χ0n) is 16.5. The number of carbonyl (C=O) groups excluding carboxylic acids is 2. The SMILES string of the molecule is CCc1c(C(=O)Nc2ccc(OC)c(OCC(N)=O)c2)cnn1-c1cccc(Cl)c1. The minimum atomic E-state index is -0.618. The van der Waals surface area contributed by atoms with Crippen molar-refractivity contribution in [1.29, 1.82) is 0 Å². The lowest BCUT2D eigenvalue weighted by Gasteiger charge is -2.12. The van der Waals surface area contributed by atoms with Crippen molar-refractivity contribution < 1.29 is 19.1 Å². The van der Waals surface area contributed by atoms with E-state index in [1.54, 1.807) is 35.0 Å². The molecule has 0 saturated heterocycles. The van der Waals surface area contributed by atoms with Crippen LogP contribution >= 0.6 is 11.6 Å². The standard InChI is InChI=1S/C21H21ClN4O4/c1-3-17-16(11-24-26(17)15-6-4-5-13(22)9-15)21(28)25-14-7-8-18(29-2)19(10-14)30-12-20(23)27/h4-11H,3,12H2,1-2H3,(H2,23,27)(H,25,28). The van der Waals surface area contributed by atoms with Gasteiger partial charge in [0.05, 0.1) is 30.3 Å². The van der Waals surface area contributed by atoms with Gasteiger partial charge in [-0.25, -0.2) is 4.68 Å². The molecule has 0 radical (unpaired) electrons. The molecule has 0 bridgehead atoms. The number of ether oxygens (including phenoxy) is 2. The van der Waals surface area contributed by atoms with Crippen LogP contribution in [-0.4, -0.2) is 35.3 Å². The van der Waals surface area contributed by atoms with Gasteiger partial charge in [-0.05, 0) is 36.8 Å². The highest BCUT2D eigenvalue weighted by molar-refractivity contribution is 6.30. The van der Waals surface area contributed by atoms with Crippen LogP contribution in [0.2, 0.25) is 5.02 Å². The predicted molar refractivity (Wildman–Crippen MR) is 114 cm³/mol. The Labute approximate surface area is 178 Å². The lowest BCUT2D eigenvalue weighted by atomic mass is 10.1. The summed E-state index contributed by atoms with van der Waals surface area (Å²) in [5.74, 6) is -0.240. The summed E-state index contributed by atoms with van der Waals surface area (Å²) in [6.07, 6.45) is 2.11. The number of benzene rings is 2. The number of primary amides is 1. The van der Waals surface area contributed by atoms with Gasteiger partial charge in [-0.3, -0.25) is 9.59 Å². The van der Waals surface area contributed by atoms with Crippen molar-refractivity contribution in [3.05, 3.63) is 64.9 Å². The number of amides is 2. The number of aromatic nitrogens is 2. The topological polar surface area (TPSA) is 108 Å². The van der Waals surface area contributed by atoms with Gasteiger partial charge >= 0.3 is 0 Å². The number of anilines is 1. The van der Waals surface area contributed by atoms with Gasteiger partial charge in [0.1, 0.15) is 0 Å². The molecule has 0 spiro atoms. The Kier molecular flexibility index (Phi) is 6.58. The van der Waals surface area contributed by atoms with Crippen LogP contribution in [0.1, 0.15) is 23.0 Å². The first-order valence-electron chi connectivity index (χ1n) is 9.16. The van der Waals surface area contributed by atoms with Crippen molar-refractivity contribution in [2.75, 3.05) is 19.0 Å². The molecule has 3 rings (SSSR count). The highest BCUT2D eigenvalue weighted by Gasteiger charge is 2.18. The average molecular weight is 429 g/mol. The Balaban J connectivity index is 1.86. The molecule has 0 aliphatic heterocycles. The Bertz CT molecular complexity index is 1080. The van der Waals surface area contributed by atoms with E-state index < -0.39 is 5.91 Å². The molecule has 0 atom stereocenters. The van der Waals surface area contributed by atoms with Crippen molar-refractivity contribution in [2.24, 2.45) is 5.73 Å². The average Bonchev–Trinajstić information content (AvgIpc) is 3.16. The molecule has 2 amide bonds. The molecule has 0 saturated carbocycles. The van der Waals surface area contributed by atoms with Gasteiger partial charge < -0.3 is 20.5 Å². The number of nitrogens with two attached hydrogens (primary N) is 1. The summed E-state index contributed by atoms with van der Waals surface area (Å²) in [7, 11) is 1.47. The molecule has 3 aromatic rings. The van der Waals surface area contributed by atoms with E-state index >= 15 is 0 Å². The van der Waals surface area contributed by atoms with E-state index in [9.17, 15) is 9.59 Å². The van der Waals surface area contributed by atoms with Crippen LogP contribution in [0.15, 0.2) is 48.7 Å². The van der Waals surface area contributed by atoms with Gasteiger partial charge in [-0.15, -0.1) is 0 Å². The molecule has 9 heteroatoms. The van der Waals surface area contributed by atoms with Crippen LogP contribution in [0.3, 0.4) is 0 Å². The first-order valence-corrected chi connectivity index (χ1v) is 9.54. The van der Waals surface area contributed by atoms with Crippen LogP contribution in [0, 0.1) is 0 Å². The zero-order valence-corrected chi connectivity index (χ0v) is 17.3. The quantitative estimate of drug-likeness (QED) is 0.572. The van der Waals surface area contributed by atoms with Crippen molar-refractivity contribution >= 4 is 29.1 Å². The minimum absolute atomic E-state index is 0.291. The molecule has 0 aliphatic rings. The van der Waals surface area contributed by atoms with Crippen molar-refractivity contribution in [3.63, 3.8) is 0 Å². The van der Waals surface area contributed by atoms with Gasteiger partial charge in [0.15, 0.2) is 18.1 Å². The Morgan fingerprint density at radius 1 is 1.20 bits per heavy atom. The summed E-state index contributed by atoms with van der Waals surface area (Å²) in [4.78, 5) is 23.9. The molecule has 0 unspecified atom stereocenters. The first kappa shape index (κ1) is 21.2. The second-order valence-corrected chi connectivity index (χ2v) is 6.76. The molecule has 1 aromatic heterocycles. The van der Waals surface area contributed by atoms with Crippen LogP contribution in [0.5, 0.6) is 11.5 Å². The molecule has 1 heterocycles. The van der Waals surface area contributed by atoms with E-state index in [1.165, 1.54) is 13.3 Å². The van der Waals surface area contributed by atoms with Gasteiger partial charge in [-0.1, -0.05) is 24.6 Å². The van der Waals surface area contributed by atoms with Crippen molar-refractivity contribution in [3.8, 4) is 17.2 Å². The number of rotatable bonds is 8. The number of hydrogen-bond donors (Lipinski definition) is 2. The summed E-state index contributed by atoms with van der Waals surface area (Å²) < 4.78 is 12.3. The van der Waals surface area contributed by atoms with Crippen LogP contribution < -0.4 is 20.5 Å². The van der Waals surface area contributed by atoms with Gasteiger partial charge in [-0.2, -0.15) is 5.10 Å². The number of nitrogens with zero attached hydrogens (tertiary/aromatic N) is 2. The van der Waals surface area contributed by atoms with E-state index in [-0.39, 0.29) is 12.5 Å². The lowest BCUT2D eigenvalue weighted by Crippen LogP contribution is -2.20. The van der Waals surface area contributed by atoms with Gasteiger partial charge in [0, 0.05) is 16.8 Å². The molecular formula is C21H21ClN4O4. The maximum Gasteiger partial charge on any atom is 0.259 e. The highest BCUT2D eigenvalue weighted by atomic mass is 35.5. The predicted octanol–water partition coefficient (Wildman–Crippen LogP) is 3.21. The maximum absolute atomic E-state index is 12.9. The number of methoxy groups -OCH3 is 1. The number of carbonyl (C=O) groups is 2. The van der Waals surface area contributed by atoms with E-state index in [2.05, 4.69) is 10.4 Å². The van der Waals surface area contributed by atoms with E-state index in [4.69, 9.17) is 26.8 Å². The van der Waals surface area contributed by atoms with E-state index in [0.717, 1.165) is 11.4 Å². The second kappa shape index (κ2) is 9.32. The molecule has 0 fully saturated rings. The molecule has 2 aromatic carbocycles. The third kappa shape index (κ3) is 4.72.